The first-order valence-corrected chi connectivity index (χ1v) is 6.17. The van der Waals surface area contributed by atoms with Crippen molar-refractivity contribution in [1.82, 2.24) is 14.8 Å². The molecule has 0 unspecified atom stereocenters. The van der Waals surface area contributed by atoms with Crippen molar-refractivity contribution in [2.45, 2.75) is 19.9 Å². The molecule has 1 aromatic heterocycles. The van der Waals surface area contributed by atoms with E-state index < -0.39 is 0 Å². The first kappa shape index (κ1) is 13.1. The molecule has 0 aliphatic heterocycles. The van der Waals surface area contributed by atoms with Crippen LogP contribution in [0.1, 0.15) is 18.3 Å². The summed E-state index contributed by atoms with van der Waals surface area (Å²) in [4.78, 5) is 4.24. The third-order valence-electron chi connectivity index (χ3n) is 2.80. The smallest absolute Gasteiger partial charge is 0.193 e. The lowest BCUT2D eigenvalue weighted by Crippen LogP contribution is -2.22. The third-order valence-corrected chi connectivity index (χ3v) is 2.80. The summed E-state index contributed by atoms with van der Waals surface area (Å²) < 4.78 is 1.81. The first-order chi connectivity index (χ1) is 9.19. The normalized spacial score (nSPS) is 11.6. The molecule has 1 heterocycles. The summed E-state index contributed by atoms with van der Waals surface area (Å²) in [6.07, 6.45) is 2.63. The standard InChI is InChI=1S/C13H18N6/c1-3-10-5-4-6-11(7-10)17-13(14)15-8-12-18-16-9-19(12)2/h4-7,9H,3,8H2,1-2H3,(H3,14,15,17). The summed E-state index contributed by atoms with van der Waals surface area (Å²) in [6.45, 7) is 2.52. The number of anilines is 1. The number of hydrogen-bond donors (Lipinski definition) is 2. The Bertz CT molecular complexity index is 572. The molecule has 3 N–H and O–H groups in total. The number of hydrogen-bond acceptors (Lipinski definition) is 3. The van der Waals surface area contributed by atoms with Gasteiger partial charge in [-0.15, -0.1) is 10.2 Å². The van der Waals surface area contributed by atoms with Crippen LogP contribution in [0.25, 0.3) is 0 Å². The Morgan fingerprint density at radius 2 is 2.32 bits per heavy atom. The quantitative estimate of drug-likeness (QED) is 0.640. The number of nitrogens with two attached hydrogens (primary N) is 1. The highest BCUT2D eigenvalue weighted by molar-refractivity contribution is 5.92. The van der Waals surface area contributed by atoms with Crippen LogP contribution >= 0.6 is 0 Å². The van der Waals surface area contributed by atoms with Crippen LogP contribution in [-0.4, -0.2) is 20.7 Å². The fraction of sp³-hybridized carbons (Fsp3) is 0.308. The maximum atomic E-state index is 5.85. The van der Waals surface area contributed by atoms with Crippen LogP contribution < -0.4 is 11.1 Å². The number of benzene rings is 1. The molecule has 0 aliphatic carbocycles. The first-order valence-electron chi connectivity index (χ1n) is 6.17. The summed E-state index contributed by atoms with van der Waals surface area (Å²) in [7, 11) is 1.87. The summed E-state index contributed by atoms with van der Waals surface area (Å²) in [6, 6.07) is 8.10. The van der Waals surface area contributed by atoms with Crippen molar-refractivity contribution in [2.75, 3.05) is 5.32 Å². The number of aliphatic imine (C=N–C) groups is 1. The van der Waals surface area contributed by atoms with Crippen LogP contribution in [0.4, 0.5) is 5.69 Å². The highest BCUT2D eigenvalue weighted by Crippen LogP contribution is 2.10. The van der Waals surface area contributed by atoms with Gasteiger partial charge in [-0.3, -0.25) is 0 Å². The van der Waals surface area contributed by atoms with E-state index in [1.165, 1.54) is 5.56 Å². The van der Waals surface area contributed by atoms with Crippen molar-refractivity contribution in [2.24, 2.45) is 17.8 Å². The van der Waals surface area contributed by atoms with Gasteiger partial charge in [-0.25, -0.2) is 4.99 Å². The Labute approximate surface area is 112 Å². The molecular weight excluding hydrogens is 240 g/mol. The van der Waals surface area contributed by atoms with E-state index in [-0.39, 0.29) is 0 Å². The van der Waals surface area contributed by atoms with Gasteiger partial charge in [0.05, 0.1) is 0 Å². The lowest BCUT2D eigenvalue weighted by Gasteiger charge is -2.07. The second-order valence-corrected chi connectivity index (χ2v) is 4.24. The summed E-state index contributed by atoms with van der Waals surface area (Å²) in [5.41, 5.74) is 8.04. The van der Waals surface area contributed by atoms with Gasteiger partial charge in [-0.1, -0.05) is 19.1 Å². The van der Waals surface area contributed by atoms with E-state index in [0.717, 1.165) is 17.9 Å². The zero-order valence-corrected chi connectivity index (χ0v) is 11.2. The molecule has 1 aromatic carbocycles. The number of guanidine groups is 1. The predicted octanol–water partition coefficient (Wildman–Crippen LogP) is 1.30. The summed E-state index contributed by atoms with van der Waals surface area (Å²) >= 11 is 0. The highest BCUT2D eigenvalue weighted by Gasteiger charge is 2.00. The third kappa shape index (κ3) is 3.54. The molecule has 100 valence electrons. The largest absolute Gasteiger partial charge is 0.370 e. The molecular formula is C13H18N6. The molecule has 6 nitrogen and oxygen atoms in total. The summed E-state index contributed by atoms with van der Waals surface area (Å²) in [5, 5.41) is 10.8. The number of rotatable bonds is 4. The van der Waals surface area contributed by atoms with Gasteiger partial charge in [-0.05, 0) is 24.1 Å². The van der Waals surface area contributed by atoms with Crippen molar-refractivity contribution in [3.63, 3.8) is 0 Å². The molecule has 2 aromatic rings. The Morgan fingerprint density at radius 3 is 3.00 bits per heavy atom. The molecule has 0 bridgehead atoms. The minimum absolute atomic E-state index is 0.372. The Kier molecular flexibility index (Phi) is 4.12. The van der Waals surface area contributed by atoms with E-state index in [4.69, 9.17) is 5.73 Å². The van der Waals surface area contributed by atoms with Crippen molar-refractivity contribution in [3.8, 4) is 0 Å². The minimum atomic E-state index is 0.372. The summed E-state index contributed by atoms with van der Waals surface area (Å²) in [5.74, 6) is 1.14. The van der Waals surface area contributed by atoms with Gasteiger partial charge in [0.2, 0.25) is 0 Å². The molecule has 0 spiro atoms. The zero-order chi connectivity index (χ0) is 13.7. The van der Waals surface area contributed by atoms with Crippen LogP contribution in [0, 0.1) is 0 Å². The monoisotopic (exact) mass is 258 g/mol. The number of aromatic nitrogens is 3. The molecule has 0 amide bonds. The second-order valence-electron chi connectivity index (χ2n) is 4.24. The van der Waals surface area contributed by atoms with Crippen LogP contribution in [0.5, 0.6) is 0 Å². The van der Waals surface area contributed by atoms with Gasteiger partial charge in [0.25, 0.3) is 0 Å². The topological polar surface area (TPSA) is 81.1 Å². The van der Waals surface area contributed by atoms with E-state index in [1.54, 1.807) is 6.33 Å². The average molecular weight is 258 g/mol. The minimum Gasteiger partial charge on any atom is -0.370 e. The predicted molar refractivity (Wildman–Crippen MR) is 75.8 cm³/mol. The average Bonchev–Trinajstić information content (AvgIpc) is 2.82. The van der Waals surface area contributed by atoms with Gasteiger partial charge < -0.3 is 15.6 Å². The SMILES string of the molecule is CCc1cccc(NC(N)=NCc2nncn2C)c1. The maximum absolute atomic E-state index is 5.85. The number of nitrogens with one attached hydrogen (secondary N) is 1. The molecule has 6 heteroatoms. The van der Waals surface area contributed by atoms with Crippen LogP contribution in [0.3, 0.4) is 0 Å². The van der Waals surface area contributed by atoms with Crippen LogP contribution in [0.15, 0.2) is 35.6 Å². The van der Waals surface area contributed by atoms with E-state index in [1.807, 2.05) is 23.7 Å². The molecule has 2 rings (SSSR count). The Hall–Kier alpha value is -2.37. The Balaban J connectivity index is 2.00. The van der Waals surface area contributed by atoms with Gasteiger partial charge >= 0.3 is 0 Å². The molecule has 19 heavy (non-hydrogen) atoms. The van der Waals surface area contributed by atoms with Crippen LogP contribution in [0.2, 0.25) is 0 Å². The molecule has 0 radical (unpaired) electrons. The lowest BCUT2D eigenvalue weighted by molar-refractivity contribution is 0.792. The molecule has 0 saturated carbocycles. The van der Waals surface area contributed by atoms with E-state index in [9.17, 15) is 0 Å². The van der Waals surface area contributed by atoms with Crippen molar-refractivity contribution in [3.05, 3.63) is 42.0 Å². The van der Waals surface area contributed by atoms with E-state index >= 15 is 0 Å². The second kappa shape index (κ2) is 5.99. The number of aryl methyl sites for hydroxylation is 2. The zero-order valence-electron chi connectivity index (χ0n) is 11.2. The molecule has 0 fully saturated rings. The lowest BCUT2D eigenvalue weighted by atomic mass is 10.1. The van der Waals surface area contributed by atoms with E-state index in [0.29, 0.717) is 12.5 Å². The fourth-order valence-electron chi connectivity index (χ4n) is 1.66. The molecule has 0 atom stereocenters. The van der Waals surface area contributed by atoms with Crippen molar-refractivity contribution >= 4 is 11.6 Å². The van der Waals surface area contributed by atoms with Crippen molar-refractivity contribution < 1.29 is 0 Å². The Morgan fingerprint density at radius 1 is 1.47 bits per heavy atom. The van der Waals surface area contributed by atoms with Gasteiger partial charge in [0.15, 0.2) is 11.8 Å². The van der Waals surface area contributed by atoms with Crippen molar-refractivity contribution in [1.29, 1.82) is 0 Å². The number of nitrogens with zero attached hydrogens (tertiary/aromatic N) is 4. The highest BCUT2D eigenvalue weighted by atomic mass is 15.3. The molecule has 0 saturated heterocycles. The van der Waals surface area contributed by atoms with Gasteiger partial charge in [-0.2, -0.15) is 0 Å². The maximum Gasteiger partial charge on any atom is 0.193 e. The van der Waals surface area contributed by atoms with Crippen LogP contribution in [-0.2, 0) is 20.0 Å². The van der Waals surface area contributed by atoms with Gasteiger partial charge in [0, 0.05) is 12.7 Å². The van der Waals surface area contributed by atoms with E-state index in [2.05, 4.69) is 39.6 Å². The van der Waals surface area contributed by atoms with Gasteiger partial charge in [0.1, 0.15) is 12.9 Å². The molecule has 0 aliphatic rings. The fourth-order valence-corrected chi connectivity index (χ4v) is 1.66.